The van der Waals surface area contributed by atoms with Crippen molar-refractivity contribution in [3.05, 3.63) is 35.9 Å². The monoisotopic (exact) mass is 437 g/mol. The van der Waals surface area contributed by atoms with Crippen LogP contribution in [0.2, 0.25) is 0 Å². The van der Waals surface area contributed by atoms with Gasteiger partial charge in [0, 0.05) is 18.4 Å². The van der Waals surface area contributed by atoms with Gasteiger partial charge in [-0.2, -0.15) is 0 Å². The number of hydrogen-bond acceptors (Lipinski definition) is 4. The Morgan fingerprint density at radius 1 is 0.833 bits per heavy atom. The molecule has 2 unspecified atom stereocenters. The molecule has 168 valence electrons. The van der Waals surface area contributed by atoms with Crippen molar-refractivity contribution in [2.75, 3.05) is 33.4 Å². The van der Waals surface area contributed by atoms with E-state index in [1.807, 2.05) is 6.07 Å². The lowest BCUT2D eigenvalue weighted by Gasteiger charge is -2.36. The summed E-state index contributed by atoms with van der Waals surface area (Å²) in [6.07, 6.45) is 6.74. The van der Waals surface area contributed by atoms with Crippen LogP contribution in [0.4, 0.5) is 0 Å². The number of carbonyl (C=O) groups excluding carboxylic acids is 2. The van der Waals surface area contributed by atoms with Crippen molar-refractivity contribution >= 4 is 11.6 Å². The SMILES string of the molecule is C[N+](CCOC1CCCCC1=O)(CCOC1CCCCC1=O)Cc1ccccc1.[Cl-]. The molecule has 0 spiro atoms. The molecule has 1 aromatic carbocycles. The van der Waals surface area contributed by atoms with Crippen molar-refractivity contribution in [1.82, 2.24) is 0 Å². The van der Waals surface area contributed by atoms with Crippen LogP contribution >= 0.6 is 0 Å². The van der Waals surface area contributed by atoms with E-state index in [0.717, 1.165) is 62.6 Å². The molecule has 0 radical (unpaired) electrons. The third-order valence-corrected chi connectivity index (χ3v) is 6.30. The molecule has 0 aromatic heterocycles. The summed E-state index contributed by atoms with van der Waals surface area (Å²) in [6, 6.07) is 10.5. The number of Topliss-reactive ketones (excluding diaryl/α,β-unsaturated/α-hetero) is 2. The second kappa shape index (κ2) is 12.6. The second-order valence-electron chi connectivity index (χ2n) is 8.85. The van der Waals surface area contributed by atoms with Crippen LogP contribution in [-0.4, -0.2) is 61.6 Å². The van der Waals surface area contributed by atoms with Gasteiger partial charge >= 0.3 is 0 Å². The fraction of sp³-hybridized carbons (Fsp3) is 0.667. The predicted octanol–water partition coefficient (Wildman–Crippen LogP) is 0.694. The first-order valence-electron chi connectivity index (χ1n) is 11.2. The van der Waals surface area contributed by atoms with Gasteiger partial charge in [0.1, 0.15) is 31.8 Å². The number of carbonyl (C=O) groups is 2. The Morgan fingerprint density at radius 2 is 1.33 bits per heavy atom. The smallest absolute Gasteiger partial charge is 0.161 e. The van der Waals surface area contributed by atoms with Gasteiger partial charge in [0.2, 0.25) is 0 Å². The number of quaternary nitrogens is 1. The zero-order chi connectivity index (χ0) is 20.5. The first-order valence-corrected chi connectivity index (χ1v) is 11.2. The quantitative estimate of drug-likeness (QED) is 0.505. The summed E-state index contributed by atoms with van der Waals surface area (Å²) in [5.41, 5.74) is 1.28. The Balaban J connectivity index is 0.00000320. The molecule has 2 aliphatic carbocycles. The van der Waals surface area contributed by atoms with E-state index in [1.54, 1.807) is 0 Å². The van der Waals surface area contributed by atoms with Crippen molar-refractivity contribution in [2.24, 2.45) is 0 Å². The zero-order valence-corrected chi connectivity index (χ0v) is 18.9. The van der Waals surface area contributed by atoms with Gasteiger partial charge in [-0.15, -0.1) is 0 Å². The molecule has 0 bridgehead atoms. The topological polar surface area (TPSA) is 52.6 Å². The van der Waals surface area contributed by atoms with E-state index in [2.05, 4.69) is 31.3 Å². The lowest BCUT2D eigenvalue weighted by atomic mass is 9.96. The molecule has 6 heteroatoms. The number of halogens is 1. The van der Waals surface area contributed by atoms with Crippen LogP contribution in [0, 0.1) is 0 Å². The van der Waals surface area contributed by atoms with Crippen LogP contribution in [0.15, 0.2) is 30.3 Å². The molecule has 1 aromatic rings. The van der Waals surface area contributed by atoms with Gasteiger partial charge < -0.3 is 26.4 Å². The minimum Gasteiger partial charge on any atom is -1.00 e. The molecule has 2 atom stereocenters. The van der Waals surface area contributed by atoms with Gasteiger partial charge in [0.25, 0.3) is 0 Å². The summed E-state index contributed by atoms with van der Waals surface area (Å²) in [4.78, 5) is 24.1. The first kappa shape index (κ1) is 25.0. The highest BCUT2D eigenvalue weighted by molar-refractivity contribution is 5.84. The number of ether oxygens (including phenoxy) is 2. The third-order valence-electron chi connectivity index (χ3n) is 6.30. The molecule has 0 heterocycles. The maximum absolute atomic E-state index is 12.0. The summed E-state index contributed by atoms with van der Waals surface area (Å²) in [5.74, 6) is 0.514. The minimum atomic E-state index is -0.218. The van der Waals surface area contributed by atoms with Crippen molar-refractivity contribution in [2.45, 2.75) is 70.1 Å². The first-order chi connectivity index (χ1) is 14.1. The molecule has 0 amide bonds. The molecule has 2 saturated carbocycles. The molecule has 30 heavy (non-hydrogen) atoms. The van der Waals surface area contributed by atoms with Crippen LogP contribution in [0.5, 0.6) is 0 Å². The van der Waals surface area contributed by atoms with E-state index in [0.29, 0.717) is 26.1 Å². The molecule has 5 nitrogen and oxygen atoms in total. The largest absolute Gasteiger partial charge is 1.00 e. The lowest BCUT2D eigenvalue weighted by molar-refractivity contribution is -0.923. The van der Waals surface area contributed by atoms with Crippen LogP contribution in [0.3, 0.4) is 0 Å². The molecule has 2 fully saturated rings. The summed E-state index contributed by atoms with van der Waals surface area (Å²) in [5, 5.41) is 0. The van der Waals surface area contributed by atoms with Crippen LogP contribution in [-0.2, 0) is 25.6 Å². The van der Waals surface area contributed by atoms with E-state index in [4.69, 9.17) is 9.47 Å². The number of nitrogens with zero attached hydrogens (tertiary/aromatic N) is 1. The van der Waals surface area contributed by atoms with Crippen LogP contribution < -0.4 is 12.4 Å². The Bertz CT molecular complexity index is 632. The van der Waals surface area contributed by atoms with Gasteiger partial charge in [-0.1, -0.05) is 30.3 Å². The van der Waals surface area contributed by atoms with Crippen molar-refractivity contribution < 1.29 is 36.0 Å². The summed E-state index contributed by atoms with van der Waals surface area (Å²) < 4.78 is 12.7. The third kappa shape index (κ3) is 7.77. The average Bonchev–Trinajstić information content (AvgIpc) is 2.72. The fourth-order valence-corrected chi connectivity index (χ4v) is 4.38. The maximum Gasteiger partial charge on any atom is 0.161 e. The Kier molecular flexibility index (Phi) is 10.5. The normalized spacial score (nSPS) is 24.2. The number of benzene rings is 1. The number of ketones is 2. The summed E-state index contributed by atoms with van der Waals surface area (Å²) in [7, 11) is 2.21. The second-order valence-corrected chi connectivity index (χ2v) is 8.85. The van der Waals surface area contributed by atoms with Gasteiger partial charge in [0.15, 0.2) is 11.6 Å². The highest BCUT2D eigenvalue weighted by Crippen LogP contribution is 2.20. The van der Waals surface area contributed by atoms with E-state index in [-0.39, 0.29) is 36.2 Å². The lowest BCUT2D eigenvalue weighted by Crippen LogP contribution is -3.00. The maximum atomic E-state index is 12.0. The molecule has 0 N–H and O–H groups in total. The van der Waals surface area contributed by atoms with Crippen molar-refractivity contribution in [3.8, 4) is 0 Å². The summed E-state index contributed by atoms with van der Waals surface area (Å²) >= 11 is 0. The minimum absolute atomic E-state index is 0. The Labute approximate surface area is 187 Å². The van der Waals surface area contributed by atoms with Gasteiger partial charge in [0.05, 0.1) is 20.3 Å². The van der Waals surface area contributed by atoms with E-state index in [1.165, 1.54) is 5.56 Å². The van der Waals surface area contributed by atoms with Crippen LogP contribution in [0.25, 0.3) is 0 Å². The van der Waals surface area contributed by atoms with Crippen molar-refractivity contribution in [1.29, 1.82) is 0 Å². The fourth-order valence-electron chi connectivity index (χ4n) is 4.38. The van der Waals surface area contributed by atoms with Gasteiger partial charge in [-0.25, -0.2) is 0 Å². The van der Waals surface area contributed by atoms with E-state index < -0.39 is 0 Å². The molecular formula is C24H36ClNO4. The highest BCUT2D eigenvalue weighted by Gasteiger charge is 2.28. The number of hydrogen-bond donors (Lipinski definition) is 0. The Hall–Kier alpha value is -1.27. The van der Waals surface area contributed by atoms with Gasteiger partial charge in [-0.05, 0) is 38.5 Å². The van der Waals surface area contributed by atoms with Crippen molar-refractivity contribution in [3.63, 3.8) is 0 Å². The number of likely N-dealkylation sites (N-methyl/N-ethyl adjacent to an activating group) is 1. The zero-order valence-electron chi connectivity index (χ0n) is 18.2. The van der Waals surface area contributed by atoms with E-state index >= 15 is 0 Å². The highest BCUT2D eigenvalue weighted by atomic mass is 35.5. The summed E-state index contributed by atoms with van der Waals surface area (Å²) in [6.45, 7) is 3.66. The average molecular weight is 438 g/mol. The standard InChI is InChI=1S/C24H36NO4.ClH/c1-25(19-20-9-3-2-4-10-20,15-17-28-23-13-7-5-11-21(23)26)16-18-29-24-14-8-6-12-22(24)27;/h2-4,9-10,23-24H,5-8,11-19H2,1H3;1H/q+1;/p-1. The molecular weight excluding hydrogens is 402 g/mol. The molecule has 3 rings (SSSR count). The molecule has 0 aliphatic heterocycles. The molecule has 2 aliphatic rings. The van der Waals surface area contributed by atoms with Crippen LogP contribution in [0.1, 0.15) is 56.9 Å². The number of rotatable bonds is 10. The Morgan fingerprint density at radius 3 is 1.80 bits per heavy atom. The molecule has 0 saturated heterocycles. The van der Waals surface area contributed by atoms with Gasteiger partial charge in [-0.3, -0.25) is 9.59 Å². The predicted molar refractivity (Wildman–Crippen MR) is 112 cm³/mol. The van der Waals surface area contributed by atoms with E-state index in [9.17, 15) is 9.59 Å².